The Kier molecular flexibility index (Phi) is 2.13. The van der Waals surface area contributed by atoms with Crippen molar-refractivity contribution in [2.45, 2.75) is 0 Å². The van der Waals surface area contributed by atoms with Gasteiger partial charge in [0, 0.05) is 24.4 Å². The van der Waals surface area contributed by atoms with E-state index < -0.39 is 0 Å². The molecular formula is C7H6NS+. The van der Waals surface area contributed by atoms with Gasteiger partial charge in [-0.05, 0) is 0 Å². The highest BCUT2D eigenvalue weighted by Crippen LogP contribution is 1.93. The summed E-state index contributed by atoms with van der Waals surface area (Å²) in [6.45, 7) is 0. The van der Waals surface area contributed by atoms with Crippen LogP contribution in [0.4, 0.5) is 5.69 Å². The van der Waals surface area contributed by atoms with Crippen molar-refractivity contribution in [2.24, 2.45) is 0 Å². The van der Waals surface area contributed by atoms with Crippen LogP contribution in [0.1, 0.15) is 0 Å². The molecule has 0 aromatic heterocycles. The van der Waals surface area contributed by atoms with Gasteiger partial charge in [-0.2, -0.15) is 4.99 Å². The Morgan fingerprint density at radius 1 is 1.22 bits per heavy atom. The first-order valence-corrected chi connectivity index (χ1v) is 3.02. The van der Waals surface area contributed by atoms with Crippen molar-refractivity contribution >= 4 is 23.1 Å². The van der Waals surface area contributed by atoms with Gasteiger partial charge in [-0.3, -0.25) is 0 Å². The molecule has 1 aromatic rings. The van der Waals surface area contributed by atoms with Gasteiger partial charge in [0.05, 0.1) is 0 Å². The van der Waals surface area contributed by atoms with Crippen LogP contribution in [0.3, 0.4) is 0 Å². The molecule has 0 fully saturated rings. The van der Waals surface area contributed by atoms with Gasteiger partial charge in [0.2, 0.25) is 5.69 Å². The van der Waals surface area contributed by atoms with Crippen LogP contribution in [0.5, 0.6) is 0 Å². The van der Waals surface area contributed by atoms with Crippen LogP contribution in [-0.4, -0.2) is 5.16 Å². The largest absolute Gasteiger partial charge is 0.253 e. The third-order valence-electron chi connectivity index (χ3n) is 0.969. The first kappa shape index (κ1) is 6.14. The SMILES string of the molecule is S=C=[NH+]c1ccccc1. The van der Waals surface area contributed by atoms with E-state index in [2.05, 4.69) is 22.4 Å². The molecule has 9 heavy (non-hydrogen) atoms. The van der Waals surface area contributed by atoms with Crippen molar-refractivity contribution in [2.75, 3.05) is 0 Å². The average Bonchev–Trinajstić information content (AvgIpc) is 1.91. The van der Waals surface area contributed by atoms with E-state index in [4.69, 9.17) is 0 Å². The fourth-order valence-corrected chi connectivity index (χ4v) is 0.698. The predicted octanol–water partition coefficient (Wildman–Crippen LogP) is 0.502. The number of benzene rings is 1. The Bertz CT molecular complexity index is 224. The van der Waals surface area contributed by atoms with Crippen LogP contribution >= 0.6 is 12.2 Å². The van der Waals surface area contributed by atoms with E-state index in [0.717, 1.165) is 5.69 Å². The molecule has 44 valence electrons. The van der Waals surface area contributed by atoms with Crippen molar-refractivity contribution in [3.63, 3.8) is 0 Å². The van der Waals surface area contributed by atoms with Crippen LogP contribution < -0.4 is 4.99 Å². The molecule has 0 aliphatic carbocycles. The molecule has 0 heterocycles. The number of hydrogen-bond acceptors (Lipinski definition) is 1. The highest BCUT2D eigenvalue weighted by molar-refractivity contribution is 7.78. The van der Waals surface area contributed by atoms with Crippen molar-refractivity contribution in [3.05, 3.63) is 30.3 Å². The second kappa shape index (κ2) is 3.13. The van der Waals surface area contributed by atoms with Crippen LogP contribution in [0, 0.1) is 0 Å². The molecule has 0 amide bonds. The number of thiocarbonyl (C=S) groups is 1. The van der Waals surface area contributed by atoms with E-state index in [9.17, 15) is 0 Å². The van der Waals surface area contributed by atoms with Gasteiger partial charge in [-0.15, -0.1) is 0 Å². The zero-order chi connectivity index (χ0) is 6.53. The van der Waals surface area contributed by atoms with Crippen molar-refractivity contribution < 1.29 is 4.99 Å². The van der Waals surface area contributed by atoms with Crippen molar-refractivity contribution in [3.8, 4) is 0 Å². The molecule has 1 aromatic carbocycles. The Labute approximate surface area is 59.1 Å². The lowest BCUT2D eigenvalue weighted by Gasteiger charge is -1.77. The summed E-state index contributed by atoms with van der Waals surface area (Å²) in [7, 11) is 0. The maximum atomic E-state index is 4.47. The molecule has 2 heteroatoms. The lowest BCUT2D eigenvalue weighted by molar-refractivity contribution is -0.343. The standard InChI is InChI=1S/C7H5NS/c9-6-8-7-4-2-1-3-5-7/h1-5H/p+1. The Morgan fingerprint density at radius 3 is 2.44 bits per heavy atom. The molecule has 0 atom stereocenters. The lowest BCUT2D eigenvalue weighted by atomic mass is 10.3. The van der Waals surface area contributed by atoms with Crippen molar-refractivity contribution in [1.29, 1.82) is 0 Å². The smallest absolute Gasteiger partial charge is 0.154 e. The minimum atomic E-state index is 0.979. The molecule has 1 rings (SSSR count). The molecule has 0 unspecified atom stereocenters. The molecule has 1 N–H and O–H groups in total. The van der Waals surface area contributed by atoms with E-state index in [1.807, 2.05) is 30.3 Å². The summed E-state index contributed by atoms with van der Waals surface area (Å²) in [5.41, 5.74) is 0.979. The number of rotatable bonds is 1. The van der Waals surface area contributed by atoms with Gasteiger partial charge < -0.3 is 0 Å². The normalized spacial score (nSPS) is 8.00. The summed E-state index contributed by atoms with van der Waals surface area (Å²) >= 11 is 4.47. The summed E-state index contributed by atoms with van der Waals surface area (Å²) in [6.07, 6.45) is 0. The summed E-state index contributed by atoms with van der Waals surface area (Å²) < 4.78 is 0. The van der Waals surface area contributed by atoms with Gasteiger partial charge in [0.25, 0.3) is 5.16 Å². The lowest BCUT2D eigenvalue weighted by Crippen LogP contribution is -2.58. The molecule has 0 radical (unpaired) electrons. The predicted molar refractivity (Wildman–Crippen MR) is 39.7 cm³/mol. The quantitative estimate of drug-likeness (QED) is 0.438. The van der Waals surface area contributed by atoms with Gasteiger partial charge in [-0.25, -0.2) is 0 Å². The number of para-hydroxylation sites is 1. The Balaban J connectivity index is 2.97. The molecule has 1 nitrogen and oxygen atoms in total. The molecule has 0 bridgehead atoms. The van der Waals surface area contributed by atoms with E-state index in [1.54, 1.807) is 0 Å². The van der Waals surface area contributed by atoms with E-state index in [0.29, 0.717) is 0 Å². The Morgan fingerprint density at radius 2 is 1.89 bits per heavy atom. The molecule has 0 spiro atoms. The highest BCUT2D eigenvalue weighted by atomic mass is 32.1. The van der Waals surface area contributed by atoms with Gasteiger partial charge >= 0.3 is 0 Å². The second-order valence-electron chi connectivity index (χ2n) is 1.59. The van der Waals surface area contributed by atoms with E-state index >= 15 is 0 Å². The third kappa shape index (κ3) is 1.76. The van der Waals surface area contributed by atoms with Gasteiger partial charge in [0.1, 0.15) is 0 Å². The minimum absolute atomic E-state index is 0.979. The molecule has 0 saturated heterocycles. The van der Waals surface area contributed by atoms with Gasteiger partial charge in [-0.1, -0.05) is 18.2 Å². The minimum Gasteiger partial charge on any atom is -0.154 e. The monoisotopic (exact) mass is 136 g/mol. The first-order chi connectivity index (χ1) is 4.43. The molecular weight excluding hydrogens is 130 g/mol. The highest BCUT2D eigenvalue weighted by Gasteiger charge is 1.86. The molecule has 0 saturated carbocycles. The van der Waals surface area contributed by atoms with E-state index in [-0.39, 0.29) is 0 Å². The average molecular weight is 136 g/mol. The maximum Gasteiger partial charge on any atom is 0.253 e. The zero-order valence-corrected chi connectivity index (χ0v) is 5.61. The topological polar surface area (TPSA) is 14.0 Å². The van der Waals surface area contributed by atoms with Crippen LogP contribution in [0.2, 0.25) is 0 Å². The van der Waals surface area contributed by atoms with E-state index in [1.165, 1.54) is 0 Å². The second-order valence-corrected chi connectivity index (χ2v) is 1.80. The molecule has 0 aliphatic heterocycles. The summed E-state index contributed by atoms with van der Waals surface area (Å²) in [6, 6.07) is 9.69. The van der Waals surface area contributed by atoms with Gasteiger partial charge in [0.15, 0.2) is 0 Å². The van der Waals surface area contributed by atoms with Crippen LogP contribution in [0.15, 0.2) is 30.3 Å². The fourth-order valence-electron chi connectivity index (χ4n) is 0.580. The number of nitrogens with one attached hydrogen (secondary N) is 1. The van der Waals surface area contributed by atoms with Crippen LogP contribution in [-0.2, 0) is 0 Å². The molecule has 0 aliphatic rings. The summed E-state index contributed by atoms with van der Waals surface area (Å²) in [4.78, 5) is 2.77. The first-order valence-electron chi connectivity index (χ1n) is 2.61. The zero-order valence-electron chi connectivity index (χ0n) is 4.79. The van der Waals surface area contributed by atoms with Crippen LogP contribution in [0.25, 0.3) is 0 Å². The summed E-state index contributed by atoms with van der Waals surface area (Å²) in [5.74, 6) is 0. The third-order valence-corrected chi connectivity index (χ3v) is 1.07. The number of isothiocyanates is 1. The maximum absolute atomic E-state index is 4.47. The summed E-state index contributed by atoms with van der Waals surface area (Å²) in [5, 5.41) is 2.42. The number of hydrogen-bond donors (Lipinski definition) is 1. The Hall–Kier alpha value is -0.980. The van der Waals surface area contributed by atoms with Crippen molar-refractivity contribution in [1.82, 2.24) is 0 Å². The fraction of sp³-hybridized carbons (Fsp3) is 0.